The summed E-state index contributed by atoms with van der Waals surface area (Å²) in [5.74, 6) is -1.53. The summed E-state index contributed by atoms with van der Waals surface area (Å²) in [6.07, 6.45) is 0. The first-order chi connectivity index (χ1) is 9.95. The van der Waals surface area contributed by atoms with Crippen molar-refractivity contribution in [1.29, 1.82) is 0 Å². The summed E-state index contributed by atoms with van der Waals surface area (Å²) in [4.78, 5) is 12.3. The number of benzene rings is 2. The normalized spacial score (nSPS) is 10.4. The van der Waals surface area contributed by atoms with Crippen molar-refractivity contribution in [2.45, 2.75) is 4.90 Å². The summed E-state index contributed by atoms with van der Waals surface area (Å²) in [5, 5.41) is 2.67. The Morgan fingerprint density at radius 3 is 2.62 bits per heavy atom. The van der Waals surface area contributed by atoms with E-state index >= 15 is 0 Å². The molecular weight excluding hydrogens is 318 g/mol. The third-order valence-corrected chi connectivity index (χ3v) is 3.78. The van der Waals surface area contributed by atoms with Gasteiger partial charge in [-0.1, -0.05) is 11.6 Å². The summed E-state index contributed by atoms with van der Waals surface area (Å²) >= 11 is 6.74. The van der Waals surface area contributed by atoms with Crippen LogP contribution in [0.15, 0.2) is 41.3 Å². The largest absolute Gasteiger partial charge is 0.396 e. The second kappa shape index (κ2) is 6.78. The smallest absolute Gasteiger partial charge is 0.234 e. The minimum atomic E-state index is -0.612. The van der Waals surface area contributed by atoms with E-state index in [4.69, 9.17) is 17.3 Å². The molecule has 1 amide bonds. The molecule has 3 nitrogen and oxygen atoms in total. The van der Waals surface area contributed by atoms with E-state index in [1.165, 1.54) is 24.3 Å². The number of carbonyl (C=O) groups excluding carboxylic acids is 1. The second-order valence-electron chi connectivity index (χ2n) is 4.14. The first-order valence-electron chi connectivity index (χ1n) is 5.88. The summed E-state index contributed by atoms with van der Waals surface area (Å²) in [7, 11) is 0. The Balaban J connectivity index is 1.94. The molecule has 0 spiro atoms. The molecule has 0 aliphatic heterocycles. The van der Waals surface area contributed by atoms with Crippen LogP contribution in [-0.4, -0.2) is 11.7 Å². The van der Waals surface area contributed by atoms with Gasteiger partial charge in [-0.15, -0.1) is 11.8 Å². The topological polar surface area (TPSA) is 55.1 Å². The van der Waals surface area contributed by atoms with Crippen LogP contribution in [0.4, 0.5) is 20.2 Å². The van der Waals surface area contributed by atoms with Gasteiger partial charge in [-0.3, -0.25) is 4.79 Å². The van der Waals surface area contributed by atoms with Crippen LogP contribution in [0.2, 0.25) is 5.02 Å². The highest BCUT2D eigenvalue weighted by Gasteiger charge is 2.09. The van der Waals surface area contributed by atoms with Crippen LogP contribution in [0.5, 0.6) is 0 Å². The summed E-state index contributed by atoms with van der Waals surface area (Å²) in [6.45, 7) is 0. The molecule has 0 saturated carbocycles. The lowest BCUT2D eigenvalue weighted by molar-refractivity contribution is -0.113. The van der Waals surface area contributed by atoms with Gasteiger partial charge >= 0.3 is 0 Å². The number of thioether (sulfide) groups is 1. The lowest BCUT2D eigenvalue weighted by Crippen LogP contribution is -2.15. The molecule has 0 radical (unpaired) electrons. The first-order valence-corrected chi connectivity index (χ1v) is 7.25. The van der Waals surface area contributed by atoms with E-state index in [1.54, 1.807) is 6.07 Å². The molecule has 7 heteroatoms. The van der Waals surface area contributed by atoms with Crippen molar-refractivity contribution in [2.24, 2.45) is 0 Å². The molecule has 2 rings (SSSR count). The number of hydrogen-bond donors (Lipinski definition) is 2. The van der Waals surface area contributed by atoms with Crippen molar-refractivity contribution in [3.05, 3.63) is 53.1 Å². The van der Waals surface area contributed by atoms with E-state index in [0.29, 0.717) is 4.90 Å². The van der Waals surface area contributed by atoms with Crippen LogP contribution in [0.1, 0.15) is 0 Å². The zero-order chi connectivity index (χ0) is 15.4. The van der Waals surface area contributed by atoms with Crippen molar-refractivity contribution in [1.82, 2.24) is 0 Å². The highest BCUT2D eigenvalue weighted by Crippen LogP contribution is 2.23. The minimum absolute atomic E-state index is 0.0193. The molecule has 0 aliphatic carbocycles. The Kier molecular flexibility index (Phi) is 5.03. The van der Waals surface area contributed by atoms with Crippen LogP contribution >= 0.6 is 23.4 Å². The number of anilines is 2. The predicted octanol–water partition coefficient (Wildman–Crippen LogP) is 3.93. The fourth-order valence-corrected chi connectivity index (χ4v) is 2.40. The molecule has 2 aromatic carbocycles. The number of amides is 1. The molecule has 110 valence electrons. The number of hydrogen-bond acceptors (Lipinski definition) is 3. The molecule has 0 unspecified atom stereocenters. The van der Waals surface area contributed by atoms with Gasteiger partial charge in [-0.05, 0) is 36.4 Å². The number of nitrogens with one attached hydrogen (secondary N) is 1. The number of nitrogen functional groups attached to an aromatic ring is 1. The third-order valence-electron chi connectivity index (χ3n) is 2.55. The number of nitrogens with two attached hydrogens (primary N) is 1. The van der Waals surface area contributed by atoms with Crippen molar-refractivity contribution < 1.29 is 13.6 Å². The van der Waals surface area contributed by atoms with Gasteiger partial charge in [-0.2, -0.15) is 0 Å². The number of rotatable bonds is 4. The molecule has 3 N–H and O–H groups in total. The lowest BCUT2D eigenvalue weighted by atomic mass is 10.3. The van der Waals surface area contributed by atoms with E-state index in [9.17, 15) is 13.6 Å². The molecule has 21 heavy (non-hydrogen) atoms. The SMILES string of the molecule is Nc1ccc(SCC(=O)Nc2ccc(Cl)cc2F)cc1F. The Morgan fingerprint density at radius 1 is 1.19 bits per heavy atom. The predicted molar refractivity (Wildman–Crippen MR) is 81.6 cm³/mol. The molecule has 0 aromatic heterocycles. The molecule has 0 fully saturated rings. The van der Waals surface area contributed by atoms with E-state index in [1.807, 2.05) is 0 Å². The van der Waals surface area contributed by atoms with Crippen LogP contribution in [0.3, 0.4) is 0 Å². The first kappa shape index (κ1) is 15.6. The van der Waals surface area contributed by atoms with Crippen LogP contribution in [-0.2, 0) is 4.79 Å². The highest BCUT2D eigenvalue weighted by molar-refractivity contribution is 8.00. The van der Waals surface area contributed by atoms with Gasteiger partial charge in [0, 0.05) is 9.92 Å². The Hall–Kier alpha value is -1.79. The van der Waals surface area contributed by atoms with E-state index in [-0.39, 0.29) is 22.2 Å². The van der Waals surface area contributed by atoms with Crippen molar-refractivity contribution in [2.75, 3.05) is 16.8 Å². The van der Waals surface area contributed by atoms with Gasteiger partial charge in [0.15, 0.2) is 0 Å². The fraction of sp³-hybridized carbons (Fsp3) is 0.0714. The number of carbonyl (C=O) groups is 1. The van der Waals surface area contributed by atoms with E-state index in [0.717, 1.165) is 17.8 Å². The van der Waals surface area contributed by atoms with Crippen molar-refractivity contribution in [3.8, 4) is 0 Å². The molecule has 0 bridgehead atoms. The van der Waals surface area contributed by atoms with Gasteiger partial charge < -0.3 is 11.1 Å². The average molecular weight is 329 g/mol. The molecule has 0 aliphatic rings. The van der Waals surface area contributed by atoms with E-state index in [2.05, 4.69) is 5.32 Å². The third kappa shape index (κ3) is 4.34. The summed E-state index contributed by atoms with van der Waals surface area (Å²) in [5.41, 5.74) is 5.46. The summed E-state index contributed by atoms with van der Waals surface area (Å²) < 4.78 is 26.7. The molecular formula is C14H11ClF2N2OS. The van der Waals surface area contributed by atoms with Crippen molar-refractivity contribution in [3.63, 3.8) is 0 Å². The minimum Gasteiger partial charge on any atom is -0.396 e. The van der Waals surface area contributed by atoms with Gasteiger partial charge in [0.05, 0.1) is 17.1 Å². The van der Waals surface area contributed by atoms with Crippen molar-refractivity contribution >= 4 is 40.6 Å². The molecule has 0 heterocycles. The summed E-state index contributed by atoms with van der Waals surface area (Å²) in [6, 6.07) is 8.25. The standard InChI is InChI=1S/C14H11ClF2N2OS/c15-8-1-4-13(11(17)5-8)19-14(20)7-21-9-2-3-12(18)10(16)6-9/h1-6H,7,18H2,(H,19,20). The van der Waals surface area contributed by atoms with Gasteiger partial charge in [0.2, 0.25) is 5.91 Å². The second-order valence-corrected chi connectivity index (χ2v) is 5.63. The zero-order valence-electron chi connectivity index (χ0n) is 10.7. The monoisotopic (exact) mass is 328 g/mol. The maximum atomic E-state index is 13.5. The van der Waals surface area contributed by atoms with Gasteiger partial charge in [0.25, 0.3) is 0 Å². The van der Waals surface area contributed by atoms with Gasteiger partial charge in [-0.25, -0.2) is 8.78 Å². The lowest BCUT2D eigenvalue weighted by Gasteiger charge is -2.07. The maximum Gasteiger partial charge on any atom is 0.234 e. The Morgan fingerprint density at radius 2 is 1.95 bits per heavy atom. The van der Waals surface area contributed by atoms with Crippen LogP contribution in [0, 0.1) is 11.6 Å². The van der Waals surface area contributed by atoms with E-state index < -0.39 is 17.5 Å². The van der Waals surface area contributed by atoms with Gasteiger partial charge in [0.1, 0.15) is 11.6 Å². The maximum absolute atomic E-state index is 13.5. The average Bonchev–Trinajstić information content (AvgIpc) is 2.43. The Bertz CT molecular complexity index is 682. The quantitative estimate of drug-likeness (QED) is 0.660. The highest BCUT2D eigenvalue weighted by atomic mass is 35.5. The molecule has 0 atom stereocenters. The Labute approximate surface area is 129 Å². The number of halogens is 3. The van der Waals surface area contributed by atoms with Crippen LogP contribution in [0.25, 0.3) is 0 Å². The van der Waals surface area contributed by atoms with Crippen LogP contribution < -0.4 is 11.1 Å². The molecule has 2 aromatic rings. The zero-order valence-corrected chi connectivity index (χ0v) is 12.3. The molecule has 0 saturated heterocycles. The fourth-order valence-electron chi connectivity index (χ4n) is 1.52.